The van der Waals surface area contributed by atoms with Gasteiger partial charge in [-0.05, 0) is 17.7 Å². The zero-order chi connectivity index (χ0) is 18.3. The number of aromatic nitrogens is 2. The number of imidazole rings is 1. The molecule has 2 aromatic rings. The van der Waals surface area contributed by atoms with Crippen molar-refractivity contribution in [2.24, 2.45) is 5.73 Å². The number of β-lactam (4-membered cyclic amide) rings is 1. The molecular weight excluding hydrogens is 425 g/mol. The molecule has 11 heteroatoms. The van der Waals surface area contributed by atoms with Gasteiger partial charge in [0.2, 0.25) is 5.91 Å². The molecule has 1 aromatic carbocycles. The quantitative estimate of drug-likeness (QED) is 0.600. The number of hydrogen-bond acceptors (Lipinski definition) is 6. The first-order valence-electron chi connectivity index (χ1n) is 8.07. The molecular formula is C17H19Cl2N5O3S. The monoisotopic (exact) mass is 443 g/mol. The van der Waals surface area contributed by atoms with Gasteiger partial charge < -0.3 is 16.3 Å². The van der Waals surface area contributed by atoms with E-state index in [1.54, 1.807) is 12.4 Å². The van der Waals surface area contributed by atoms with E-state index in [0.717, 1.165) is 11.0 Å². The van der Waals surface area contributed by atoms with Gasteiger partial charge in [-0.2, -0.15) is 0 Å². The number of thioether (sulfide) groups is 1. The Morgan fingerprint density at radius 1 is 1.39 bits per heavy atom. The number of para-hydroxylation sites is 2. The lowest BCUT2D eigenvalue weighted by Gasteiger charge is -2.47. The highest BCUT2D eigenvalue weighted by molar-refractivity contribution is 8.00. The third-order valence-electron chi connectivity index (χ3n) is 4.39. The number of amides is 1. The topological polar surface area (TPSA) is 113 Å². The molecule has 1 aromatic heterocycles. The molecule has 0 bridgehead atoms. The number of nitrogens with one attached hydrogen (secondary N) is 1. The van der Waals surface area contributed by atoms with Gasteiger partial charge >= 0.3 is 5.97 Å². The second kappa shape index (κ2) is 8.87. The Hall–Kier alpha value is -2.20. The number of fused-ring (bicyclic) bond motifs is 2. The van der Waals surface area contributed by atoms with Gasteiger partial charge in [0.1, 0.15) is 23.4 Å². The Labute approximate surface area is 177 Å². The predicted octanol–water partition coefficient (Wildman–Crippen LogP) is 1.56. The molecule has 1 saturated heterocycles. The Bertz CT molecular complexity index is 961. The highest BCUT2D eigenvalue weighted by Crippen LogP contribution is 2.39. The summed E-state index contributed by atoms with van der Waals surface area (Å²) < 4.78 is 1.82. The molecule has 150 valence electrons. The van der Waals surface area contributed by atoms with Gasteiger partial charge in [-0.25, -0.2) is 14.5 Å². The molecule has 3 heterocycles. The molecule has 4 rings (SSSR count). The highest BCUT2D eigenvalue weighted by Gasteiger charge is 2.51. The number of carbonyl (C=O) groups is 2. The van der Waals surface area contributed by atoms with Gasteiger partial charge in [-0.3, -0.25) is 9.69 Å². The zero-order valence-corrected chi connectivity index (χ0v) is 17.0. The Kier molecular flexibility index (Phi) is 7.00. The van der Waals surface area contributed by atoms with E-state index in [9.17, 15) is 14.7 Å². The van der Waals surface area contributed by atoms with Gasteiger partial charge in [-0.15, -0.1) is 36.6 Å². The molecule has 4 N–H and O–H groups in total. The predicted molar refractivity (Wildman–Crippen MR) is 113 cm³/mol. The number of carboxylic acid groups (broad SMARTS) is 1. The first-order chi connectivity index (χ1) is 12.6. The molecule has 2 aliphatic rings. The van der Waals surface area contributed by atoms with Crippen LogP contribution in [0.25, 0.3) is 11.0 Å². The van der Waals surface area contributed by atoms with Crippen molar-refractivity contribution in [1.82, 2.24) is 14.6 Å². The van der Waals surface area contributed by atoms with Crippen LogP contribution < -0.4 is 11.2 Å². The van der Waals surface area contributed by atoms with Crippen LogP contribution in [0.2, 0.25) is 0 Å². The minimum absolute atomic E-state index is 0. The van der Waals surface area contributed by atoms with Crippen molar-refractivity contribution in [3.8, 4) is 0 Å². The summed E-state index contributed by atoms with van der Waals surface area (Å²) in [6, 6.07) is 7.14. The number of rotatable bonds is 5. The van der Waals surface area contributed by atoms with Crippen molar-refractivity contribution < 1.29 is 14.7 Å². The fourth-order valence-electron chi connectivity index (χ4n) is 3.11. The fraction of sp³-hybridized carbons (Fsp3) is 0.235. The third-order valence-corrected chi connectivity index (χ3v) is 5.72. The molecule has 2 aliphatic heterocycles. The standard InChI is InChI=1S/C17H17N5O3S.2ClH/c18-13-15(23)22-14(17(24)25)10(8-26-16(13)22)4-3-7-20-21-9-19-11-5-1-2-6-12(11)21;;/h1-6,9,13,16,20H,7-8,18H2,(H,24,25);2*1H/t13-,16-;;/m1../s1. The third kappa shape index (κ3) is 3.70. The summed E-state index contributed by atoms with van der Waals surface area (Å²) in [6.45, 7) is 0.484. The fourth-order valence-corrected chi connectivity index (χ4v) is 4.37. The Morgan fingerprint density at radius 3 is 2.89 bits per heavy atom. The summed E-state index contributed by atoms with van der Waals surface area (Å²) in [5.41, 5.74) is 11.4. The molecule has 2 atom stereocenters. The summed E-state index contributed by atoms with van der Waals surface area (Å²) in [5.74, 6) is -0.939. The van der Waals surface area contributed by atoms with Crippen LogP contribution in [-0.4, -0.2) is 55.3 Å². The largest absolute Gasteiger partial charge is 0.477 e. The van der Waals surface area contributed by atoms with Gasteiger partial charge in [0.05, 0.1) is 11.0 Å². The normalized spacial score (nSPS) is 21.0. The summed E-state index contributed by atoms with van der Waals surface area (Å²) in [4.78, 5) is 29.1. The molecule has 1 amide bonds. The van der Waals surface area contributed by atoms with Crippen LogP contribution >= 0.6 is 36.6 Å². The number of allylic oxidation sites excluding steroid dienone is 1. The molecule has 28 heavy (non-hydrogen) atoms. The maximum atomic E-state index is 11.9. The minimum atomic E-state index is -1.11. The van der Waals surface area contributed by atoms with E-state index in [1.807, 2.05) is 35.0 Å². The van der Waals surface area contributed by atoms with E-state index in [1.165, 1.54) is 16.7 Å². The van der Waals surface area contributed by atoms with Gasteiger partial charge in [0.25, 0.3) is 0 Å². The van der Waals surface area contributed by atoms with Crippen molar-refractivity contribution in [1.29, 1.82) is 0 Å². The van der Waals surface area contributed by atoms with Crippen LogP contribution in [0.4, 0.5) is 0 Å². The summed E-state index contributed by atoms with van der Waals surface area (Å²) in [6.07, 6.45) is 5.27. The minimum Gasteiger partial charge on any atom is -0.477 e. The van der Waals surface area contributed by atoms with Gasteiger partial charge in [0.15, 0.2) is 0 Å². The highest BCUT2D eigenvalue weighted by atomic mass is 35.5. The van der Waals surface area contributed by atoms with Crippen LogP contribution in [0.5, 0.6) is 0 Å². The van der Waals surface area contributed by atoms with E-state index in [2.05, 4.69) is 10.4 Å². The average molecular weight is 444 g/mol. The number of hydrogen-bond donors (Lipinski definition) is 3. The lowest BCUT2D eigenvalue weighted by atomic mass is 10.0. The summed E-state index contributed by atoms with van der Waals surface area (Å²) in [7, 11) is 0. The number of nitrogens with zero attached hydrogens (tertiary/aromatic N) is 3. The molecule has 1 fully saturated rings. The molecule has 0 saturated carbocycles. The summed E-state index contributed by atoms with van der Waals surface area (Å²) >= 11 is 1.48. The number of benzene rings is 1. The number of carbonyl (C=O) groups excluding carboxylic acids is 1. The molecule has 8 nitrogen and oxygen atoms in total. The lowest BCUT2D eigenvalue weighted by molar-refractivity contribution is -0.147. The van der Waals surface area contributed by atoms with E-state index >= 15 is 0 Å². The first-order valence-corrected chi connectivity index (χ1v) is 9.12. The van der Waals surface area contributed by atoms with E-state index in [0.29, 0.717) is 17.9 Å². The second-order valence-electron chi connectivity index (χ2n) is 5.98. The van der Waals surface area contributed by atoms with Crippen LogP contribution in [0.15, 0.2) is 54.0 Å². The maximum absolute atomic E-state index is 11.9. The Morgan fingerprint density at radius 2 is 2.14 bits per heavy atom. The number of halogens is 2. The van der Waals surface area contributed by atoms with E-state index < -0.39 is 12.0 Å². The lowest BCUT2D eigenvalue weighted by Crippen LogP contribution is -2.68. The molecule has 0 spiro atoms. The van der Waals surface area contributed by atoms with Crippen molar-refractivity contribution >= 4 is 59.5 Å². The summed E-state index contributed by atoms with van der Waals surface area (Å²) in [5, 5.41) is 9.22. The SMILES string of the molecule is Cl.Cl.N[C@@H]1C(=O)N2C(C(=O)O)=C(C=CCNn3cnc4ccccc43)CS[C@H]12. The van der Waals surface area contributed by atoms with Crippen LogP contribution in [0, 0.1) is 0 Å². The number of carboxylic acids is 1. The van der Waals surface area contributed by atoms with Gasteiger partial charge in [-0.1, -0.05) is 24.3 Å². The second-order valence-corrected chi connectivity index (χ2v) is 7.09. The van der Waals surface area contributed by atoms with Crippen molar-refractivity contribution in [3.05, 3.63) is 54.0 Å². The van der Waals surface area contributed by atoms with Crippen molar-refractivity contribution in [2.45, 2.75) is 11.4 Å². The number of nitrogens with two attached hydrogens (primary N) is 1. The van der Waals surface area contributed by atoms with Gasteiger partial charge in [0, 0.05) is 12.3 Å². The van der Waals surface area contributed by atoms with Crippen LogP contribution in [0.1, 0.15) is 0 Å². The average Bonchev–Trinajstić information content (AvgIpc) is 3.07. The molecule has 0 aliphatic carbocycles. The van der Waals surface area contributed by atoms with Crippen molar-refractivity contribution in [2.75, 3.05) is 17.7 Å². The van der Waals surface area contributed by atoms with Crippen molar-refractivity contribution in [3.63, 3.8) is 0 Å². The molecule has 0 unspecified atom stereocenters. The Balaban J connectivity index is 0.00000140. The smallest absolute Gasteiger partial charge is 0.352 e. The maximum Gasteiger partial charge on any atom is 0.352 e. The van der Waals surface area contributed by atoms with Crippen LogP contribution in [-0.2, 0) is 9.59 Å². The number of aliphatic carboxylic acids is 1. The van der Waals surface area contributed by atoms with Crippen LogP contribution in [0.3, 0.4) is 0 Å². The molecule has 0 radical (unpaired) electrons. The first kappa shape index (κ1) is 22.1. The van der Waals surface area contributed by atoms with E-state index in [-0.39, 0.29) is 41.8 Å². The van der Waals surface area contributed by atoms with E-state index in [4.69, 9.17) is 5.73 Å². The zero-order valence-electron chi connectivity index (χ0n) is 14.5.